The Morgan fingerprint density at radius 3 is 1.90 bits per heavy atom. The molecule has 0 aromatic heterocycles. The molecule has 0 heterocycles. The second kappa shape index (κ2) is 14.8. The van der Waals surface area contributed by atoms with Crippen molar-refractivity contribution in [2.24, 2.45) is 0 Å². The van der Waals surface area contributed by atoms with E-state index in [-0.39, 0.29) is 11.6 Å². The van der Waals surface area contributed by atoms with Crippen LogP contribution in [0.2, 0.25) is 0 Å². The summed E-state index contributed by atoms with van der Waals surface area (Å²) in [5.74, 6) is -0.826. The minimum atomic E-state index is -0.826. The fraction of sp³-hybridized carbons (Fsp3) is 1.00. The first-order valence-electron chi connectivity index (χ1n) is 8.55. The van der Waals surface area contributed by atoms with Crippen LogP contribution in [0.25, 0.3) is 0 Å². The van der Waals surface area contributed by atoms with Gasteiger partial charge in [0.25, 0.3) is 5.97 Å². The Labute approximate surface area is 131 Å². The SMILES string of the molecule is CCCCCCC(OCCC)(OCCCC)OC(C)C.O. The molecule has 0 spiro atoms. The Morgan fingerprint density at radius 1 is 0.762 bits per heavy atom. The van der Waals surface area contributed by atoms with Crippen LogP contribution in [0, 0.1) is 0 Å². The van der Waals surface area contributed by atoms with Crippen LogP contribution in [0.5, 0.6) is 0 Å². The molecule has 0 aliphatic carbocycles. The molecule has 1 atom stereocenters. The lowest BCUT2D eigenvalue weighted by Gasteiger charge is -2.35. The Balaban J connectivity index is 0. The van der Waals surface area contributed by atoms with E-state index in [4.69, 9.17) is 14.2 Å². The molecule has 0 radical (unpaired) electrons. The fourth-order valence-corrected chi connectivity index (χ4v) is 2.07. The van der Waals surface area contributed by atoms with Crippen LogP contribution >= 0.6 is 0 Å². The highest BCUT2D eigenvalue weighted by atomic mass is 16.9. The van der Waals surface area contributed by atoms with Crippen LogP contribution in [0.4, 0.5) is 0 Å². The Bertz CT molecular complexity index is 209. The second-order valence-corrected chi connectivity index (χ2v) is 5.71. The molecule has 0 aliphatic heterocycles. The first-order valence-corrected chi connectivity index (χ1v) is 8.55. The van der Waals surface area contributed by atoms with Crippen LogP contribution in [0.1, 0.15) is 86.0 Å². The maximum atomic E-state index is 6.02. The van der Waals surface area contributed by atoms with Crippen molar-refractivity contribution in [1.82, 2.24) is 0 Å². The summed E-state index contributed by atoms with van der Waals surface area (Å²) in [5, 5.41) is 0. The summed E-state index contributed by atoms with van der Waals surface area (Å²) in [6.45, 7) is 12.0. The van der Waals surface area contributed by atoms with E-state index in [1.807, 2.05) is 13.8 Å². The van der Waals surface area contributed by atoms with E-state index in [0.717, 1.165) is 32.1 Å². The van der Waals surface area contributed by atoms with Crippen molar-refractivity contribution in [3.8, 4) is 0 Å². The van der Waals surface area contributed by atoms with Crippen LogP contribution < -0.4 is 0 Å². The molecule has 4 heteroatoms. The van der Waals surface area contributed by atoms with Gasteiger partial charge in [-0.1, -0.05) is 46.5 Å². The molecule has 0 saturated heterocycles. The molecule has 0 amide bonds. The topological polar surface area (TPSA) is 59.2 Å². The smallest absolute Gasteiger partial charge is 0.283 e. The lowest BCUT2D eigenvalue weighted by molar-refractivity contribution is -0.393. The molecule has 0 aliphatic rings. The average molecular weight is 306 g/mol. The third-order valence-corrected chi connectivity index (χ3v) is 3.10. The first-order chi connectivity index (χ1) is 9.60. The number of unbranched alkanes of at least 4 members (excludes halogenated alkanes) is 4. The molecule has 0 aromatic carbocycles. The van der Waals surface area contributed by atoms with Crippen LogP contribution in [0.3, 0.4) is 0 Å². The zero-order valence-electron chi connectivity index (χ0n) is 14.9. The predicted molar refractivity (Wildman–Crippen MR) is 88.4 cm³/mol. The summed E-state index contributed by atoms with van der Waals surface area (Å²) in [6, 6.07) is 0. The maximum Gasteiger partial charge on any atom is 0.283 e. The normalized spacial score (nSPS) is 14.0. The van der Waals surface area contributed by atoms with Gasteiger partial charge >= 0.3 is 0 Å². The van der Waals surface area contributed by atoms with Gasteiger partial charge in [0.1, 0.15) is 0 Å². The zero-order chi connectivity index (χ0) is 15.3. The van der Waals surface area contributed by atoms with Gasteiger partial charge in [-0.05, 0) is 33.1 Å². The van der Waals surface area contributed by atoms with Crippen molar-refractivity contribution >= 4 is 0 Å². The third kappa shape index (κ3) is 12.1. The third-order valence-electron chi connectivity index (χ3n) is 3.10. The fourth-order valence-electron chi connectivity index (χ4n) is 2.07. The minimum Gasteiger partial charge on any atom is -0.412 e. The molecule has 130 valence electrons. The van der Waals surface area contributed by atoms with Gasteiger partial charge in [-0.3, -0.25) is 0 Å². The highest BCUT2D eigenvalue weighted by Crippen LogP contribution is 2.26. The highest BCUT2D eigenvalue weighted by Gasteiger charge is 2.34. The standard InChI is InChI=1S/C17H36O3.H2O/c1-6-9-11-12-13-17(18-14-8-3,20-16(4)5)19-15-10-7-2;/h16H,6-15H2,1-5H3;1H2. The van der Waals surface area contributed by atoms with E-state index < -0.39 is 5.97 Å². The van der Waals surface area contributed by atoms with Crippen molar-refractivity contribution in [1.29, 1.82) is 0 Å². The largest absolute Gasteiger partial charge is 0.412 e. The van der Waals surface area contributed by atoms with Crippen molar-refractivity contribution in [3.63, 3.8) is 0 Å². The van der Waals surface area contributed by atoms with Crippen molar-refractivity contribution in [2.45, 2.75) is 98.1 Å². The van der Waals surface area contributed by atoms with Gasteiger partial charge in [-0.25, -0.2) is 0 Å². The second-order valence-electron chi connectivity index (χ2n) is 5.71. The van der Waals surface area contributed by atoms with E-state index in [2.05, 4.69) is 20.8 Å². The molecule has 4 nitrogen and oxygen atoms in total. The minimum absolute atomic E-state index is 0. The van der Waals surface area contributed by atoms with E-state index >= 15 is 0 Å². The highest BCUT2D eigenvalue weighted by molar-refractivity contribution is 4.62. The van der Waals surface area contributed by atoms with E-state index in [9.17, 15) is 0 Å². The molecule has 0 saturated carbocycles. The van der Waals surface area contributed by atoms with Crippen molar-refractivity contribution in [2.75, 3.05) is 13.2 Å². The molecule has 0 aromatic rings. The molecular formula is C17H38O4. The molecular weight excluding hydrogens is 268 g/mol. The summed E-state index contributed by atoms with van der Waals surface area (Å²) in [5.41, 5.74) is 0. The Kier molecular flexibility index (Phi) is 16.2. The number of ether oxygens (including phenoxy) is 3. The molecule has 2 N–H and O–H groups in total. The summed E-state index contributed by atoms with van der Waals surface area (Å²) in [4.78, 5) is 0. The quantitative estimate of drug-likeness (QED) is 0.352. The van der Waals surface area contributed by atoms with E-state index in [0.29, 0.717) is 13.2 Å². The monoisotopic (exact) mass is 306 g/mol. The lowest BCUT2D eigenvalue weighted by atomic mass is 10.1. The molecule has 21 heavy (non-hydrogen) atoms. The summed E-state index contributed by atoms with van der Waals surface area (Å²) in [7, 11) is 0. The summed E-state index contributed by atoms with van der Waals surface area (Å²) in [6.07, 6.45) is 8.91. The Hall–Kier alpha value is -0.160. The van der Waals surface area contributed by atoms with Gasteiger partial charge in [-0.15, -0.1) is 0 Å². The van der Waals surface area contributed by atoms with E-state index in [1.165, 1.54) is 19.3 Å². The van der Waals surface area contributed by atoms with Crippen molar-refractivity contribution < 1.29 is 19.7 Å². The molecule has 0 rings (SSSR count). The number of rotatable bonds is 14. The molecule has 0 bridgehead atoms. The molecule has 0 fully saturated rings. The molecule has 1 unspecified atom stereocenters. The van der Waals surface area contributed by atoms with Gasteiger partial charge in [0.05, 0.1) is 19.3 Å². The van der Waals surface area contributed by atoms with Gasteiger partial charge in [0.15, 0.2) is 0 Å². The number of hydrogen-bond acceptors (Lipinski definition) is 3. The van der Waals surface area contributed by atoms with Gasteiger partial charge in [0, 0.05) is 6.42 Å². The van der Waals surface area contributed by atoms with Crippen LogP contribution in [-0.2, 0) is 14.2 Å². The Morgan fingerprint density at radius 2 is 1.38 bits per heavy atom. The number of hydrogen-bond donors (Lipinski definition) is 0. The van der Waals surface area contributed by atoms with Crippen molar-refractivity contribution in [3.05, 3.63) is 0 Å². The maximum absolute atomic E-state index is 6.02. The van der Waals surface area contributed by atoms with Crippen LogP contribution in [0.15, 0.2) is 0 Å². The zero-order valence-corrected chi connectivity index (χ0v) is 14.9. The average Bonchev–Trinajstić information content (AvgIpc) is 2.41. The first kappa shape index (κ1) is 23.1. The van der Waals surface area contributed by atoms with Gasteiger partial charge in [-0.2, -0.15) is 0 Å². The predicted octanol–water partition coefficient (Wildman–Crippen LogP) is 4.45. The summed E-state index contributed by atoms with van der Waals surface area (Å²) >= 11 is 0. The lowest BCUT2D eigenvalue weighted by Crippen LogP contribution is -2.42. The van der Waals surface area contributed by atoms with Gasteiger partial charge < -0.3 is 19.7 Å². The van der Waals surface area contributed by atoms with Gasteiger partial charge in [0.2, 0.25) is 0 Å². The van der Waals surface area contributed by atoms with E-state index in [1.54, 1.807) is 0 Å². The van der Waals surface area contributed by atoms with Crippen LogP contribution in [-0.4, -0.2) is 30.8 Å². The summed E-state index contributed by atoms with van der Waals surface area (Å²) < 4.78 is 18.0.